The number of carbonyl (C=O) groups is 1. The zero-order valence-electron chi connectivity index (χ0n) is 15.9. The number of nitro groups is 2. The summed E-state index contributed by atoms with van der Waals surface area (Å²) in [5.41, 5.74) is 0. The van der Waals surface area contributed by atoms with Gasteiger partial charge in [0.2, 0.25) is 6.54 Å². The van der Waals surface area contributed by atoms with Crippen molar-refractivity contribution in [2.45, 2.75) is 88.8 Å². The highest BCUT2D eigenvalue weighted by Crippen LogP contribution is 2.13. The van der Waals surface area contributed by atoms with Gasteiger partial charge in [0.25, 0.3) is 5.37 Å². The summed E-state index contributed by atoms with van der Waals surface area (Å²) in [7, 11) is -1.74. The van der Waals surface area contributed by atoms with E-state index in [0.29, 0.717) is 12.8 Å². The molecule has 0 aliphatic carbocycles. The molecular formula is C17H32N2O7S. The van der Waals surface area contributed by atoms with E-state index in [2.05, 4.69) is 0 Å². The van der Waals surface area contributed by atoms with Crippen LogP contribution in [0.5, 0.6) is 0 Å². The van der Waals surface area contributed by atoms with Gasteiger partial charge in [-0.2, -0.15) is 0 Å². The Labute approximate surface area is 162 Å². The molecule has 0 rings (SSSR count). The quantitative estimate of drug-likeness (QED) is 0.195. The third kappa shape index (κ3) is 16.3. The van der Waals surface area contributed by atoms with Gasteiger partial charge in [0.15, 0.2) is 0 Å². The van der Waals surface area contributed by atoms with Crippen LogP contribution in [0.25, 0.3) is 0 Å². The van der Waals surface area contributed by atoms with Gasteiger partial charge in [-0.25, -0.2) is 0 Å². The Morgan fingerprint density at radius 3 is 1.59 bits per heavy atom. The minimum absolute atomic E-state index is 0.0693. The molecule has 0 radical (unpaired) electrons. The molecule has 0 bridgehead atoms. The maximum Gasteiger partial charge on any atom is 0.311 e. The molecule has 2 unspecified atom stereocenters. The number of hydrogen-bond acceptors (Lipinski definition) is 6. The van der Waals surface area contributed by atoms with E-state index in [-0.39, 0.29) is 17.2 Å². The van der Waals surface area contributed by atoms with Crippen LogP contribution >= 0.6 is 0 Å². The molecule has 0 heterocycles. The predicted octanol–water partition coefficient (Wildman–Crippen LogP) is 3.77. The van der Waals surface area contributed by atoms with E-state index in [1.54, 1.807) is 0 Å². The van der Waals surface area contributed by atoms with E-state index < -0.39 is 33.5 Å². The topological polar surface area (TPSA) is 141 Å². The second kappa shape index (κ2) is 16.6. The van der Waals surface area contributed by atoms with E-state index in [4.69, 9.17) is 5.11 Å². The summed E-state index contributed by atoms with van der Waals surface area (Å²) in [6.45, 7) is 0.0693. The van der Waals surface area contributed by atoms with Crippen molar-refractivity contribution in [2.75, 3.05) is 12.3 Å². The highest BCUT2D eigenvalue weighted by atomic mass is 32.2. The Kier molecular flexibility index (Phi) is 15.6. The number of carboxylic acids is 1. The lowest BCUT2D eigenvalue weighted by molar-refractivity contribution is -0.495. The number of carboxylic acid groups (broad SMARTS) is 1. The zero-order chi connectivity index (χ0) is 20.5. The van der Waals surface area contributed by atoms with Gasteiger partial charge in [-0.15, -0.1) is 0 Å². The smallest absolute Gasteiger partial charge is 0.311 e. The molecular weight excluding hydrogens is 376 g/mol. The summed E-state index contributed by atoms with van der Waals surface area (Å²) in [5, 5.41) is 28.0. The first-order valence-electron chi connectivity index (χ1n) is 9.69. The van der Waals surface area contributed by atoms with E-state index in [1.807, 2.05) is 0 Å². The molecule has 0 saturated heterocycles. The zero-order valence-corrected chi connectivity index (χ0v) is 16.7. The molecule has 0 fully saturated rings. The molecule has 0 aromatic carbocycles. The second-order valence-electron chi connectivity index (χ2n) is 6.72. The first-order chi connectivity index (χ1) is 12.8. The molecule has 0 aliphatic rings. The Bertz CT molecular complexity index is 474. The monoisotopic (exact) mass is 408 g/mol. The highest BCUT2D eigenvalue weighted by Gasteiger charge is 2.30. The third-order valence-corrected chi connectivity index (χ3v) is 5.96. The first-order valence-corrected chi connectivity index (χ1v) is 11.1. The Morgan fingerprint density at radius 1 is 0.815 bits per heavy atom. The van der Waals surface area contributed by atoms with Crippen molar-refractivity contribution in [3.05, 3.63) is 20.2 Å². The Hall–Kier alpha value is -1.58. The fourth-order valence-corrected chi connectivity index (χ4v) is 4.08. The van der Waals surface area contributed by atoms with Crippen LogP contribution in [0.3, 0.4) is 0 Å². The molecule has 158 valence electrons. The molecule has 0 saturated carbocycles. The summed E-state index contributed by atoms with van der Waals surface area (Å²) < 4.78 is 11.8. The van der Waals surface area contributed by atoms with Crippen molar-refractivity contribution in [2.24, 2.45) is 0 Å². The van der Waals surface area contributed by atoms with Gasteiger partial charge in [-0.1, -0.05) is 57.8 Å². The van der Waals surface area contributed by atoms with Crippen LogP contribution in [-0.2, 0) is 15.6 Å². The minimum atomic E-state index is -1.74. The van der Waals surface area contributed by atoms with E-state index in [9.17, 15) is 29.2 Å². The molecule has 1 N–H and O–H groups in total. The number of unbranched alkanes of at least 4 members (excludes halogenated alkanes) is 11. The number of hydrogen-bond donors (Lipinski definition) is 1. The lowest BCUT2D eigenvalue weighted by Crippen LogP contribution is -2.29. The number of nitrogens with zero attached hydrogens (tertiary/aromatic N) is 2. The van der Waals surface area contributed by atoms with Gasteiger partial charge in [0.1, 0.15) is 6.42 Å². The van der Waals surface area contributed by atoms with Crippen molar-refractivity contribution >= 4 is 16.8 Å². The van der Waals surface area contributed by atoms with E-state index in [0.717, 1.165) is 57.8 Å². The van der Waals surface area contributed by atoms with E-state index >= 15 is 0 Å². The molecule has 9 nitrogen and oxygen atoms in total. The average Bonchev–Trinajstić information content (AvgIpc) is 2.59. The fourth-order valence-electron chi connectivity index (χ4n) is 2.80. The van der Waals surface area contributed by atoms with Crippen LogP contribution < -0.4 is 0 Å². The SMILES string of the molecule is O=C(O)CC([N+](=O)[O-])S(=O)CCCCCCCCCCCCCC[N+](=O)[O-]. The van der Waals surface area contributed by atoms with Crippen LogP contribution in [0, 0.1) is 20.2 Å². The van der Waals surface area contributed by atoms with Gasteiger partial charge < -0.3 is 5.11 Å². The van der Waals surface area contributed by atoms with E-state index in [1.165, 1.54) is 6.42 Å². The minimum Gasteiger partial charge on any atom is -0.481 e. The second-order valence-corrected chi connectivity index (χ2v) is 8.44. The summed E-state index contributed by atoms with van der Waals surface area (Å²) in [4.78, 5) is 30.5. The molecule has 0 amide bonds. The lowest BCUT2D eigenvalue weighted by Gasteiger charge is -2.07. The van der Waals surface area contributed by atoms with Crippen molar-refractivity contribution in [1.82, 2.24) is 0 Å². The van der Waals surface area contributed by atoms with Gasteiger partial charge in [0.05, 0.1) is 10.8 Å². The highest BCUT2D eigenvalue weighted by molar-refractivity contribution is 7.85. The predicted molar refractivity (Wildman–Crippen MR) is 103 cm³/mol. The largest absolute Gasteiger partial charge is 0.481 e. The van der Waals surface area contributed by atoms with Gasteiger partial charge >= 0.3 is 5.97 Å². The standard InChI is InChI=1S/C17H32N2O7S/c20-17(21)15-16(19(24)25)27(26)14-12-10-8-6-4-2-1-3-5-7-9-11-13-18(22)23/h16H,1-15H2,(H,20,21). The average molecular weight is 409 g/mol. The molecule has 0 aliphatic heterocycles. The summed E-state index contributed by atoms with van der Waals surface area (Å²) in [6, 6.07) is 0. The molecule has 0 aromatic rings. The normalized spacial score (nSPS) is 13.2. The third-order valence-electron chi connectivity index (χ3n) is 4.32. The van der Waals surface area contributed by atoms with Crippen LogP contribution in [0.1, 0.15) is 83.5 Å². The van der Waals surface area contributed by atoms with Gasteiger partial charge in [-0.05, 0) is 12.8 Å². The molecule has 0 aromatic heterocycles. The number of rotatable bonds is 19. The lowest BCUT2D eigenvalue weighted by atomic mass is 10.1. The van der Waals surface area contributed by atoms with Crippen LogP contribution in [0.15, 0.2) is 0 Å². The maximum absolute atomic E-state index is 11.8. The number of aliphatic carboxylic acids is 1. The van der Waals surface area contributed by atoms with Gasteiger partial charge in [0, 0.05) is 22.0 Å². The molecule has 2 atom stereocenters. The fraction of sp³-hybridized carbons (Fsp3) is 0.941. The van der Waals surface area contributed by atoms with Crippen LogP contribution in [0.4, 0.5) is 0 Å². The van der Waals surface area contributed by atoms with Gasteiger partial charge in [-0.3, -0.25) is 29.2 Å². The van der Waals surface area contributed by atoms with Crippen LogP contribution in [0.2, 0.25) is 0 Å². The maximum atomic E-state index is 11.8. The Balaban J connectivity index is 3.46. The summed E-state index contributed by atoms with van der Waals surface area (Å²) in [5.74, 6) is -1.13. The molecule has 10 heteroatoms. The molecule has 27 heavy (non-hydrogen) atoms. The van der Waals surface area contributed by atoms with Crippen molar-refractivity contribution < 1.29 is 24.0 Å². The Morgan fingerprint density at radius 2 is 1.22 bits per heavy atom. The first kappa shape index (κ1) is 25.4. The van der Waals surface area contributed by atoms with Crippen molar-refractivity contribution in [3.63, 3.8) is 0 Å². The summed E-state index contributed by atoms with van der Waals surface area (Å²) in [6.07, 6.45) is 11.2. The molecule has 0 spiro atoms. The summed E-state index contributed by atoms with van der Waals surface area (Å²) >= 11 is 0. The van der Waals surface area contributed by atoms with Crippen molar-refractivity contribution in [3.8, 4) is 0 Å². The van der Waals surface area contributed by atoms with Crippen molar-refractivity contribution in [1.29, 1.82) is 0 Å². The van der Waals surface area contributed by atoms with Crippen LogP contribution in [-0.4, -0.2) is 42.8 Å².